The molecule has 0 unspecified atom stereocenters. The molecule has 0 aliphatic heterocycles. The standard InChI is InChI=1S/C16H16O5/c1-4-7-19-13-8-11-5-6-15(17)20-12(11)9-14(13)21-16(18)10(2)3/h5-6,8-9H,2,4,7H2,1,3H3. The van der Waals surface area contributed by atoms with Crippen molar-refractivity contribution in [3.05, 3.63) is 46.8 Å². The third-order valence-corrected chi connectivity index (χ3v) is 2.70. The number of hydrogen-bond acceptors (Lipinski definition) is 5. The smallest absolute Gasteiger partial charge is 0.338 e. The quantitative estimate of drug-likeness (QED) is 0.366. The molecule has 0 saturated carbocycles. The first-order valence-electron chi connectivity index (χ1n) is 6.59. The number of rotatable bonds is 5. The molecule has 0 amide bonds. The normalized spacial score (nSPS) is 10.4. The van der Waals surface area contributed by atoms with Crippen LogP contribution < -0.4 is 15.1 Å². The predicted octanol–water partition coefficient (Wildman–Crippen LogP) is 3.06. The molecule has 21 heavy (non-hydrogen) atoms. The Labute approximate surface area is 121 Å². The second-order valence-electron chi connectivity index (χ2n) is 4.61. The molecule has 1 aromatic carbocycles. The van der Waals surface area contributed by atoms with Gasteiger partial charge in [-0.15, -0.1) is 0 Å². The van der Waals surface area contributed by atoms with Crippen molar-refractivity contribution in [3.8, 4) is 11.5 Å². The van der Waals surface area contributed by atoms with E-state index in [9.17, 15) is 9.59 Å². The van der Waals surface area contributed by atoms with E-state index in [1.54, 1.807) is 19.1 Å². The Balaban J connectivity index is 2.49. The minimum Gasteiger partial charge on any atom is -0.490 e. The van der Waals surface area contributed by atoms with Gasteiger partial charge in [-0.05, 0) is 25.5 Å². The van der Waals surface area contributed by atoms with Gasteiger partial charge in [-0.1, -0.05) is 13.5 Å². The van der Waals surface area contributed by atoms with Gasteiger partial charge < -0.3 is 13.9 Å². The van der Waals surface area contributed by atoms with Crippen molar-refractivity contribution in [2.75, 3.05) is 6.61 Å². The van der Waals surface area contributed by atoms with Crippen LogP contribution in [0.25, 0.3) is 11.0 Å². The van der Waals surface area contributed by atoms with Crippen molar-refractivity contribution >= 4 is 16.9 Å². The summed E-state index contributed by atoms with van der Waals surface area (Å²) in [5.74, 6) is 0.0695. The first-order chi connectivity index (χ1) is 10.0. The molecular weight excluding hydrogens is 272 g/mol. The van der Waals surface area contributed by atoms with Crippen LogP contribution in [0, 0.1) is 0 Å². The average molecular weight is 288 g/mol. The number of carbonyl (C=O) groups excluding carboxylic acids is 1. The molecule has 1 heterocycles. The SMILES string of the molecule is C=C(C)C(=O)Oc1cc2oc(=O)ccc2cc1OCCC. The molecule has 5 nitrogen and oxygen atoms in total. The zero-order valence-electron chi connectivity index (χ0n) is 12.0. The van der Waals surface area contributed by atoms with E-state index in [-0.39, 0.29) is 11.3 Å². The Hall–Kier alpha value is -2.56. The van der Waals surface area contributed by atoms with E-state index in [0.29, 0.717) is 23.3 Å². The van der Waals surface area contributed by atoms with E-state index in [2.05, 4.69) is 6.58 Å². The summed E-state index contributed by atoms with van der Waals surface area (Å²) in [5.41, 5.74) is 0.129. The topological polar surface area (TPSA) is 65.7 Å². The molecule has 1 aromatic heterocycles. The molecule has 0 saturated heterocycles. The molecule has 0 bridgehead atoms. The first-order valence-corrected chi connectivity index (χ1v) is 6.59. The Morgan fingerprint density at radius 3 is 2.71 bits per heavy atom. The van der Waals surface area contributed by atoms with Crippen LogP contribution in [-0.4, -0.2) is 12.6 Å². The number of ether oxygens (including phenoxy) is 2. The van der Waals surface area contributed by atoms with E-state index >= 15 is 0 Å². The van der Waals surface area contributed by atoms with Gasteiger partial charge in [0.1, 0.15) is 5.58 Å². The number of esters is 1. The van der Waals surface area contributed by atoms with Crippen LogP contribution in [0.1, 0.15) is 20.3 Å². The van der Waals surface area contributed by atoms with Gasteiger partial charge in [0.15, 0.2) is 11.5 Å². The fourth-order valence-electron chi connectivity index (χ4n) is 1.67. The van der Waals surface area contributed by atoms with Crippen LogP contribution in [-0.2, 0) is 4.79 Å². The molecule has 2 aromatic rings. The molecule has 0 N–H and O–H groups in total. The lowest BCUT2D eigenvalue weighted by atomic mass is 10.2. The van der Waals surface area contributed by atoms with E-state index in [0.717, 1.165) is 6.42 Å². The van der Waals surface area contributed by atoms with E-state index < -0.39 is 11.6 Å². The second kappa shape index (κ2) is 6.26. The van der Waals surface area contributed by atoms with Gasteiger partial charge in [0.05, 0.1) is 6.61 Å². The van der Waals surface area contributed by atoms with E-state index in [1.807, 2.05) is 6.92 Å². The third kappa shape index (κ3) is 3.51. The van der Waals surface area contributed by atoms with Crippen LogP contribution in [0.2, 0.25) is 0 Å². The molecule has 2 rings (SSSR count). The molecule has 5 heteroatoms. The van der Waals surface area contributed by atoms with Gasteiger partial charge >= 0.3 is 11.6 Å². The van der Waals surface area contributed by atoms with Crippen molar-refractivity contribution in [2.45, 2.75) is 20.3 Å². The Kier molecular flexibility index (Phi) is 4.42. The Bertz CT molecular complexity index is 742. The third-order valence-electron chi connectivity index (χ3n) is 2.70. The van der Waals surface area contributed by atoms with Gasteiger partial charge in [-0.25, -0.2) is 9.59 Å². The average Bonchev–Trinajstić information content (AvgIpc) is 2.44. The maximum absolute atomic E-state index is 11.7. The van der Waals surface area contributed by atoms with Crippen LogP contribution >= 0.6 is 0 Å². The fraction of sp³-hybridized carbons (Fsp3) is 0.250. The monoisotopic (exact) mass is 288 g/mol. The zero-order valence-corrected chi connectivity index (χ0v) is 12.0. The minimum atomic E-state index is -0.561. The molecule has 0 fully saturated rings. The number of benzene rings is 1. The lowest BCUT2D eigenvalue weighted by Gasteiger charge is -2.12. The molecular formula is C16H16O5. The first kappa shape index (κ1) is 14.8. The molecule has 0 radical (unpaired) electrons. The molecule has 0 spiro atoms. The predicted molar refractivity (Wildman–Crippen MR) is 78.7 cm³/mol. The van der Waals surface area contributed by atoms with Crippen molar-refractivity contribution in [2.24, 2.45) is 0 Å². The number of carbonyl (C=O) groups is 1. The van der Waals surface area contributed by atoms with E-state index in [1.165, 1.54) is 12.1 Å². The highest BCUT2D eigenvalue weighted by Gasteiger charge is 2.14. The maximum atomic E-state index is 11.7. The molecule has 0 aliphatic carbocycles. The van der Waals surface area contributed by atoms with Crippen molar-refractivity contribution in [1.29, 1.82) is 0 Å². The summed E-state index contributed by atoms with van der Waals surface area (Å²) < 4.78 is 15.9. The van der Waals surface area contributed by atoms with Crippen molar-refractivity contribution in [3.63, 3.8) is 0 Å². The van der Waals surface area contributed by atoms with Gasteiger partial charge in [0.25, 0.3) is 0 Å². The largest absolute Gasteiger partial charge is 0.490 e. The van der Waals surface area contributed by atoms with Gasteiger partial charge in [-0.2, -0.15) is 0 Å². The Morgan fingerprint density at radius 2 is 2.05 bits per heavy atom. The number of fused-ring (bicyclic) bond motifs is 1. The van der Waals surface area contributed by atoms with Crippen molar-refractivity contribution < 1.29 is 18.7 Å². The van der Waals surface area contributed by atoms with Crippen LogP contribution in [0.3, 0.4) is 0 Å². The second-order valence-corrected chi connectivity index (χ2v) is 4.61. The lowest BCUT2D eigenvalue weighted by molar-refractivity contribution is -0.130. The summed E-state index contributed by atoms with van der Waals surface area (Å²) in [6, 6.07) is 6.10. The zero-order chi connectivity index (χ0) is 15.4. The molecule has 0 aliphatic rings. The highest BCUT2D eigenvalue weighted by atomic mass is 16.6. The van der Waals surface area contributed by atoms with Crippen LogP contribution in [0.4, 0.5) is 0 Å². The van der Waals surface area contributed by atoms with Crippen molar-refractivity contribution in [1.82, 2.24) is 0 Å². The minimum absolute atomic E-state index is 0.207. The summed E-state index contributed by atoms with van der Waals surface area (Å²) in [5, 5.41) is 0.691. The van der Waals surface area contributed by atoms with Crippen LogP contribution in [0.5, 0.6) is 11.5 Å². The fourth-order valence-corrected chi connectivity index (χ4v) is 1.67. The Morgan fingerprint density at radius 1 is 1.29 bits per heavy atom. The summed E-state index contributed by atoms with van der Waals surface area (Å²) in [4.78, 5) is 22.9. The summed E-state index contributed by atoms with van der Waals surface area (Å²) in [7, 11) is 0. The molecule has 0 atom stereocenters. The van der Waals surface area contributed by atoms with E-state index in [4.69, 9.17) is 13.9 Å². The summed E-state index contributed by atoms with van der Waals surface area (Å²) >= 11 is 0. The van der Waals surface area contributed by atoms with Gasteiger partial charge in [0, 0.05) is 23.1 Å². The molecule has 110 valence electrons. The van der Waals surface area contributed by atoms with Gasteiger partial charge in [-0.3, -0.25) is 0 Å². The highest BCUT2D eigenvalue weighted by molar-refractivity contribution is 5.90. The maximum Gasteiger partial charge on any atom is 0.338 e. The summed E-state index contributed by atoms with van der Waals surface area (Å²) in [6.07, 6.45) is 0.815. The lowest BCUT2D eigenvalue weighted by Crippen LogP contribution is -2.10. The number of hydrogen-bond donors (Lipinski definition) is 0. The highest BCUT2D eigenvalue weighted by Crippen LogP contribution is 2.32. The van der Waals surface area contributed by atoms with Gasteiger partial charge in [0.2, 0.25) is 0 Å². The van der Waals surface area contributed by atoms with Crippen LogP contribution in [0.15, 0.2) is 45.6 Å². The summed E-state index contributed by atoms with van der Waals surface area (Å²) in [6.45, 7) is 7.54.